The van der Waals surface area contributed by atoms with Crippen molar-refractivity contribution in [3.05, 3.63) is 59.4 Å². The molecule has 1 aliphatic heterocycles. The molecule has 3 rings (SSSR count). The van der Waals surface area contributed by atoms with E-state index in [0.29, 0.717) is 24.7 Å². The molecule has 0 radical (unpaired) electrons. The smallest absolute Gasteiger partial charge is 0.274 e. The Bertz CT molecular complexity index is 842. The van der Waals surface area contributed by atoms with Crippen LogP contribution in [0.25, 0.3) is 0 Å². The summed E-state index contributed by atoms with van der Waals surface area (Å²) < 4.78 is 0. The topological polar surface area (TPSA) is 65.5 Å². The van der Waals surface area contributed by atoms with E-state index in [0.717, 1.165) is 30.9 Å². The maximum absolute atomic E-state index is 12.8. The Morgan fingerprint density at radius 3 is 2.36 bits per heavy atom. The molecule has 6 nitrogen and oxygen atoms in total. The monoisotopic (exact) mass is 380 g/mol. The summed E-state index contributed by atoms with van der Waals surface area (Å²) in [6.07, 6.45) is 0. The second kappa shape index (κ2) is 8.97. The van der Waals surface area contributed by atoms with Crippen molar-refractivity contribution in [1.29, 1.82) is 0 Å². The van der Waals surface area contributed by atoms with Crippen LogP contribution in [-0.2, 0) is 0 Å². The van der Waals surface area contributed by atoms with E-state index in [1.807, 2.05) is 29.2 Å². The van der Waals surface area contributed by atoms with Crippen LogP contribution >= 0.6 is 0 Å². The highest BCUT2D eigenvalue weighted by Gasteiger charge is 2.23. The van der Waals surface area contributed by atoms with Crippen LogP contribution in [0, 0.1) is 0 Å². The fraction of sp³-hybridized carbons (Fsp3) is 0.409. The standard InChI is InChI=1S/C22H28N4O2/c1-4-25-12-14-26(15-13-25)22(28)20-11-7-10-19(23-20)21(27)24-18-9-6-5-8-17(18)16(2)3/h5-11,16H,4,12-15H2,1-3H3,(H,24,27). The average Bonchev–Trinajstić information content (AvgIpc) is 2.73. The first-order valence-corrected chi connectivity index (χ1v) is 9.88. The lowest BCUT2D eigenvalue weighted by Gasteiger charge is -2.33. The molecule has 2 aromatic rings. The normalized spacial score (nSPS) is 14.9. The number of para-hydroxylation sites is 1. The summed E-state index contributed by atoms with van der Waals surface area (Å²) in [6, 6.07) is 12.8. The number of nitrogens with one attached hydrogen (secondary N) is 1. The largest absolute Gasteiger partial charge is 0.335 e. The lowest BCUT2D eigenvalue weighted by molar-refractivity contribution is 0.0637. The van der Waals surface area contributed by atoms with Gasteiger partial charge in [0.15, 0.2) is 0 Å². The Morgan fingerprint density at radius 2 is 1.68 bits per heavy atom. The zero-order valence-electron chi connectivity index (χ0n) is 16.8. The zero-order valence-corrected chi connectivity index (χ0v) is 16.8. The molecule has 0 unspecified atom stereocenters. The molecule has 2 heterocycles. The molecule has 1 saturated heterocycles. The van der Waals surface area contributed by atoms with E-state index in [1.165, 1.54) is 0 Å². The third kappa shape index (κ3) is 4.57. The number of rotatable bonds is 5. The highest BCUT2D eigenvalue weighted by Crippen LogP contribution is 2.24. The minimum atomic E-state index is -0.307. The highest BCUT2D eigenvalue weighted by molar-refractivity contribution is 6.04. The number of pyridine rings is 1. The lowest BCUT2D eigenvalue weighted by atomic mass is 10.0. The van der Waals surface area contributed by atoms with Gasteiger partial charge >= 0.3 is 0 Å². The quantitative estimate of drug-likeness (QED) is 0.865. The number of piperazine rings is 1. The third-order valence-electron chi connectivity index (χ3n) is 5.14. The van der Waals surface area contributed by atoms with Crippen LogP contribution in [0.15, 0.2) is 42.5 Å². The van der Waals surface area contributed by atoms with Gasteiger partial charge in [0.2, 0.25) is 0 Å². The van der Waals surface area contributed by atoms with Crippen molar-refractivity contribution >= 4 is 17.5 Å². The zero-order chi connectivity index (χ0) is 20.1. The number of nitrogens with zero attached hydrogens (tertiary/aromatic N) is 3. The molecule has 148 valence electrons. The molecule has 1 fully saturated rings. The first-order valence-electron chi connectivity index (χ1n) is 9.88. The van der Waals surface area contributed by atoms with Gasteiger partial charge in [-0.3, -0.25) is 9.59 Å². The van der Waals surface area contributed by atoms with Gasteiger partial charge in [-0.2, -0.15) is 0 Å². The number of benzene rings is 1. The maximum atomic E-state index is 12.8. The van der Waals surface area contributed by atoms with Crippen LogP contribution < -0.4 is 5.32 Å². The summed E-state index contributed by atoms with van der Waals surface area (Å²) in [7, 11) is 0. The Balaban J connectivity index is 1.73. The Kier molecular flexibility index (Phi) is 6.41. The molecule has 6 heteroatoms. The van der Waals surface area contributed by atoms with Gasteiger partial charge in [0.25, 0.3) is 11.8 Å². The van der Waals surface area contributed by atoms with Gasteiger partial charge in [-0.1, -0.05) is 45.0 Å². The van der Waals surface area contributed by atoms with Gasteiger partial charge in [-0.15, -0.1) is 0 Å². The number of likely N-dealkylation sites (N-methyl/N-ethyl adjacent to an activating group) is 1. The fourth-order valence-electron chi connectivity index (χ4n) is 3.41. The van der Waals surface area contributed by atoms with E-state index in [4.69, 9.17) is 0 Å². The van der Waals surface area contributed by atoms with E-state index in [9.17, 15) is 9.59 Å². The van der Waals surface area contributed by atoms with Gasteiger partial charge in [0, 0.05) is 31.9 Å². The summed E-state index contributed by atoms with van der Waals surface area (Å²) >= 11 is 0. The summed E-state index contributed by atoms with van der Waals surface area (Å²) in [5.41, 5.74) is 2.40. The number of hydrogen-bond acceptors (Lipinski definition) is 4. The molecule has 1 aromatic heterocycles. The minimum Gasteiger partial charge on any atom is -0.335 e. The summed E-state index contributed by atoms with van der Waals surface area (Å²) in [6.45, 7) is 10.4. The van der Waals surface area contributed by atoms with Crippen LogP contribution in [-0.4, -0.2) is 59.3 Å². The molecule has 1 N–H and O–H groups in total. The predicted octanol–water partition coefficient (Wildman–Crippen LogP) is 3.24. The molecular formula is C22H28N4O2. The SMILES string of the molecule is CCN1CCN(C(=O)c2cccc(C(=O)Nc3ccccc3C(C)C)n2)CC1. The van der Waals surface area contributed by atoms with E-state index >= 15 is 0 Å². The molecule has 0 spiro atoms. The van der Waals surface area contributed by atoms with Crippen LogP contribution in [0.1, 0.15) is 53.2 Å². The Hall–Kier alpha value is -2.73. The Morgan fingerprint density at radius 1 is 1.00 bits per heavy atom. The van der Waals surface area contributed by atoms with Crippen molar-refractivity contribution in [1.82, 2.24) is 14.8 Å². The fourth-order valence-corrected chi connectivity index (χ4v) is 3.41. The number of carbonyl (C=O) groups excluding carboxylic acids is 2. The number of amides is 2. The van der Waals surface area contributed by atoms with Crippen LogP contribution in [0.5, 0.6) is 0 Å². The number of aromatic nitrogens is 1. The van der Waals surface area contributed by atoms with E-state index in [-0.39, 0.29) is 17.5 Å². The second-order valence-corrected chi connectivity index (χ2v) is 7.33. The van der Waals surface area contributed by atoms with Crippen LogP contribution in [0.3, 0.4) is 0 Å². The second-order valence-electron chi connectivity index (χ2n) is 7.33. The van der Waals surface area contributed by atoms with Crippen molar-refractivity contribution in [3.63, 3.8) is 0 Å². The van der Waals surface area contributed by atoms with Crippen LogP contribution in [0.2, 0.25) is 0 Å². The van der Waals surface area contributed by atoms with E-state index < -0.39 is 0 Å². The number of carbonyl (C=O) groups is 2. The molecule has 0 atom stereocenters. The lowest BCUT2D eigenvalue weighted by Crippen LogP contribution is -2.48. The van der Waals surface area contributed by atoms with Gasteiger partial charge in [-0.25, -0.2) is 4.98 Å². The highest BCUT2D eigenvalue weighted by atomic mass is 16.2. The molecule has 1 aliphatic rings. The van der Waals surface area contributed by atoms with Crippen molar-refractivity contribution < 1.29 is 9.59 Å². The van der Waals surface area contributed by atoms with Crippen molar-refractivity contribution in [2.24, 2.45) is 0 Å². The molecule has 28 heavy (non-hydrogen) atoms. The molecule has 0 aliphatic carbocycles. The van der Waals surface area contributed by atoms with Gasteiger partial charge < -0.3 is 15.1 Å². The van der Waals surface area contributed by atoms with Gasteiger partial charge in [-0.05, 0) is 36.2 Å². The third-order valence-corrected chi connectivity index (χ3v) is 5.14. The molecule has 0 saturated carbocycles. The average molecular weight is 380 g/mol. The van der Waals surface area contributed by atoms with Gasteiger partial charge in [0.1, 0.15) is 11.4 Å². The van der Waals surface area contributed by atoms with Crippen LogP contribution in [0.4, 0.5) is 5.69 Å². The molecule has 1 aromatic carbocycles. The van der Waals surface area contributed by atoms with Crippen molar-refractivity contribution in [2.75, 3.05) is 38.0 Å². The molecule has 2 amide bonds. The predicted molar refractivity (Wildman–Crippen MR) is 111 cm³/mol. The number of hydrogen-bond donors (Lipinski definition) is 1. The first kappa shape index (κ1) is 20.0. The molecular weight excluding hydrogens is 352 g/mol. The number of anilines is 1. The first-order chi connectivity index (χ1) is 13.5. The van der Waals surface area contributed by atoms with Gasteiger partial charge in [0.05, 0.1) is 0 Å². The summed E-state index contributed by atoms with van der Waals surface area (Å²) in [5.74, 6) is -0.134. The minimum absolute atomic E-state index is 0.118. The molecule has 0 bridgehead atoms. The maximum Gasteiger partial charge on any atom is 0.274 e. The van der Waals surface area contributed by atoms with Crippen molar-refractivity contribution in [3.8, 4) is 0 Å². The van der Waals surface area contributed by atoms with E-state index in [2.05, 4.69) is 36.0 Å². The summed E-state index contributed by atoms with van der Waals surface area (Å²) in [5, 5.41) is 2.93. The summed E-state index contributed by atoms with van der Waals surface area (Å²) in [4.78, 5) is 34.0. The van der Waals surface area contributed by atoms with E-state index in [1.54, 1.807) is 18.2 Å². The van der Waals surface area contributed by atoms with Crippen molar-refractivity contribution in [2.45, 2.75) is 26.7 Å². The Labute approximate surface area is 166 Å².